The number of fused-ring (bicyclic) bond motifs is 1. The molecule has 12 heteroatoms. The van der Waals surface area contributed by atoms with Gasteiger partial charge in [0.05, 0.1) is 23.3 Å². The topological polar surface area (TPSA) is 143 Å². The van der Waals surface area contributed by atoms with Crippen molar-refractivity contribution in [1.29, 1.82) is 0 Å². The van der Waals surface area contributed by atoms with Gasteiger partial charge in [0.15, 0.2) is 0 Å². The summed E-state index contributed by atoms with van der Waals surface area (Å²) in [5.41, 5.74) is 3.32. The Morgan fingerprint density at radius 3 is 2.75 bits per heavy atom. The molecule has 2 N–H and O–H groups in total. The van der Waals surface area contributed by atoms with Crippen molar-refractivity contribution in [3.05, 3.63) is 65.9 Å². The molecule has 0 radical (unpaired) electrons. The molecule has 0 aliphatic carbocycles. The Hall–Kier alpha value is -4.87. The van der Waals surface area contributed by atoms with Gasteiger partial charge < -0.3 is 25.0 Å². The highest BCUT2D eigenvalue weighted by molar-refractivity contribution is 6.06. The predicted octanol–water partition coefficient (Wildman–Crippen LogP) is 5.04. The molecule has 1 unspecified atom stereocenters. The summed E-state index contributed by atoms with van der Waals surface area (Å²) in [4.78, 5) is 47.9. The van der Waals surface area contributed by atoms with Crippen LogP contribution in [0.3, 0.4) is 0 Å². The summed E-state index contributed by atoms with van der Waals surface area (Å²) in [6.07, 6.45) is 4.78. The first kappa shape index (κ1) is 32.1. The van der Waals surface area contributed by atoms with Gasteiger partial charge in [-0.15, -0.1) is 0 Å². The minimum absolute atomic E-state index is 0.0750. The molecule has 1 fully saturated rings. The molecule has 3 aromatic rings. The van der Waals surface area contributed by atoms with Gasteiger partial charge in [0.1, 0.15) is 23.9 Å². The van der Waals surface area contributed by atoms with Crippen LogP contribution in [0.5, 0.6) is 0 Å². The van der Waals surface area contributed by atoms with Crippen LogP contribution in [0, 0.1) is 0 Å². The van der Waals surface area contributed by atoms with Crippen molar-refractivity contribution in [3.8, 4) is 0 Å². The Balaban J connectivity index is 1.39. The summed E-state index contributed by atoms with van der Waals surface area (Å²) in [6, 6.07) is 9.57. The van der Waals surface area contributed by atoms with E-state index in [-0.39, 0.29) is 30.0 Å². The first-order chi connectivity index (χ1) is 21.0. The standard InChI is InChI=1S/C32H40N8O4/c1-20(23-9-8-10-24-25(29(41)33-6)11-13-35-28(23)24)16-36-27-15-26(38-19-39-27)21(2)17-37-30(34-7)43-22-12-14-40(18-22)31(42)44-32(3,4)5/h8-11,13,15,17,19-20,22H,7,12,14,16,18H2,1-6H3,(H,33,41)(H,36,38,39)/b21-17+,37-30?/t20-,22?/m1/s1. The lowest BCUT2D eigenvalue weighted by Gasteiger charge is -2.24. The number of likely N-dealkylation sites (tertiary alicyclic amines) is 1. The fourth-order valence-corrected chi connectivity index (χ4v) is 4.76. The van der Waals surface area contributed by atoms with Crippen LogP contribution in [-0.4, -0.2) is 83.0 Å². The maximum atomic E-state index is 12.4. The second kappa shape index (κ2) is 14.1. The monoisotopic (exact) mass is 600 g/mol. The van der Waals surface area contributed by atoms with Crippen LogP contribution < -0.4 is 10.6 Å². The maximum absolute atomic E-state index is 12.4. The minimum Gasteiger partial charge on any atom is -0.458 e. The third-order valence-electron chi connectivity index (χ3n) is 7.04. The minimum atomic E-state index is -0.560. The van der Waals surface area contributed by atoms with Gasteiger partial charge in [0.2, 0.25) is 0 Å². The molecule has 0 bridgehead atoms. The molecule has 12 nitrogen and oxygen atoms in total. The summed E-state index contributed by atoms with van der Waals surface area (Å²) in [5.74, 6) is 0.586. The summed E-state index contributed by atoms with van der Waals surface area (Å²) in [6.45, 7) is 14.6. The Labute approximate surface area is 257 Å². The average Bonchev–Trinajstić information content (AvgIpc) is 3.49. The van der Waals surface area contributed by atoms with Crippen molar-refractivity contribution in [2.45, 2.75) is 58.7 Å². The van der Waals surface area contributed by atoms with E-state index in [1.54, 1.807) is 30.4 Å². The van der Waals surface area contributed by atoms with E-state index in [9.17, 15) is 9.59 Å². The lowest BCUT2D eigenvalue weighted by molar-refractivity contribution is 0.0273. The lowest BCUT2D eigenvalue weighted by Crippen LogP contribution is -2.36. The first-order valence-electron chi connectivity index (χ1n) is 14.5. The number of amides is 2. The lowest BCUT2D eigenvalue weighted by atomic mass is 9.96. The molecule has 2 atom stereocenters. The van der Waals surface area contributed by atoms with Crippen LogP contribution in [0.25, 0.3) is 16.5 Å². The van der Waals surface area contributed by atoms with Crippen molar-refractivity contribution in [3.63, 3.8) is 0 Å². The van der Waals surface area contributed by atoms with E-state index in [2.05, 4.69) is 49.2 Å². The molecular weight excluding hydrogens is 560 g/mol. The van der Waals surface area contributed by atoms with Crippen LogP contribution in [-0.2, 0) is 9.47 Å². The number of carbonyl (C=O) groups is 2. The van der Waals surface area contributed by atoms with Crippen LogP contribution in [0.2, 0.25) is 0 Å². The maximum Gasteiger partial charge on any atom is 0.410 e. The molecule has 1 aliphatic rings. The molecule has 4 rings (SSSR count). The van der Waals surface area contributed by atoms with Crippen molar-refractivity contribution < 1.29 is 19.1 Å². The zero-order valence-corrected chi connectivity index (χ0v) is 26.1. The predicted molar refractivity (Wildman–Crippen MR) is 172 cm³/mol. The molecule has 0 saturated carbocycles. The van der Waals surface area contributed by atoms with E-state index in [0.717, 1.165) is 22.0 Å². The summed E-state index contributed by atoms with van der Waals surface area (Å²) in [7, 11) is 1.62. The molecule has 44 heavy (non-hydrogen) atoms. The zero-order chi connectivity index (χ0) is 31.9. The molecule has 2 aromatic heterocycles. The normalized spacial score (nSPS) is 16.4. The van der Waals surface area contributed by atoms with E-state index in [4.69, 9.17) is 9.47 Å². The number of carbonyl (C=O) groups excluding carboxylic acids is 2. The van der Waals surface area contributed by atoms with E-state index in [1.165, 1.54) is 6.33 Å². The third kappa shape index (κ3) is 8.15. The summed E-state index contributed by atoms with van der Waals surface area (Å²) in [5, 5.41) is 6.89. The van der Waals surface area contributed by atoms with Crippen molar-refractivity contribution >= 4 is 47.0 Å². The van der Waals surface area contributed by atoms with E-state index in [0.29, 0.717) is 43.1 Å². The second-order valence-corrected chi connectivity index (χ2v) is 11.6. The molecular formula is C32H40N8O4. The van der Waals surface area contributed by atoms with Crippen molar-refractivity contribution in [2.75, 3.05) is 32.0 Å². The molecule has 2 amide bonds. The Bertz CT molecular complexity index is 1580. The first-order valence-corrected chi connectivity index (χ1v) is 14.5. The van der Waals surface area contributed by atoms with Crippen LogP contribution >= 0.6 is 0 Å². The molecule has 3 heterocycles. The SMILES string of the molecule is C=NC(=N/C=C(\C)c1cc(NC[C@@H](C)c2cccc3c(C(=O)NC)ccnc23)ncn1)OC1CCN(C(=O)OC(C)(C)C)C1. The highest BCUT2D eigenvalue weighted by Crippen LogP contribution is 2.27. The number of nitrogens with one attached hydrogen (secondary N) is 2. The van der Waals surface area contributed by atoms with Gasteiger partial charge in [0, 0.05) is 56.3 Å². The Morgan fingerprint density at radius 1 is 1.23 bits per heavy atom. The summed E-state index contributed by atoms with van der Waals surface area (Å²) < 4.78 is 11.3. The van der Waals surface area contributed by atoms with E-state index >= 15 is 0 Å². The Morgan fingerprint density at radius 2 is 2.02 bits per heavy atom. The number of benzene rings is 1. The number of aliphatic imine (C=N–C) groups is 2. The highest BCUT2D eigenvalue weighted by Gasteiger charge is 2.31. The van der Waals surface area contributed by atoms with Crippen LogP contribution in [0.4, 0.5) is 10.6 Å². The van der Waals surface area contributed by atoms with Gasteiger partial charge >= 0.3 is 12.1 Å². The average molecular weight is 601 g/mol. The number of rotatable bonds is 8. The smallest absolute Gasteiger partial charge is 0.410 e. The van der Waals surface area contributed by atoms with Crippen LogP contribution in [0.15, 0.2) is 59.0 Å². The van der Waals surface area contributed by atoms with E-state index < -0.39 is 5.60 Å². The van der Waals surface area contributed by atoms with Crippen molar-refractivity contribution in [1.82, 2.24) is 25.2 Å². The number of pyridine rings is 1. The number of anilines is 1. The molecule has 0 spiro atoms. The highest BCUT2D eigenvalue weighted by atomic mass is 16.6. The number of nitrogens with zero attached hydrogens (tertiary/aromatic N) is 6. The van der Waals surface area contributed by atoms with Gasteiger partial charge in [0.25, 0.3) is 5.91 Å². The fourth-order valence-electron chi connectivity index (χ4n) is 4.76. The van der Waals surface area contributed by atoms with Gasteiger partial charge in [-0.05, 0) is 51.6 Å². The Kier molecular flexibility index (Phi) is 10.2. The third-order valence-corrected chi connectivity index (χ3v) is 7.04. The number of para-hydroxylation sites is 1. The van der Waals surface area contributed by atoms with Gasteiger partial charge in [-0.25, -0.2) is 24.7 Å². The van der Waals surface area contributed by atoms with Crippen LogP contribution in [0.1, 0.15) is 68.6 Å². The number of hydrogen-bond acceptors (Lipinski definition) is 9. The van der Waals surface area contributed by atoms with Gasteiger partial charge in [-0.3, -0.25) is 9.78 Å². The number of amidine groups is 1. The molecule has 1 aliphatic heterocycles. The molecule has 1 aromatic carbocycles. The second-order valence-electron chi connectivity index (χ2n) is 11.6. The quantitative estimate of drug-likeness (QED) is 0.270. The van der Waals surface area contributed by atoms with Gasteiger partial charge in [-0.1, -0.05) is 25.1 Å². The van der Waals surface area contributed by atoms with E-state index in [1.807, 2.05) is 52.0 Å². The number of hydrogen-bond donors (Lipinski definition) is 2. The summed E-state index contributed by atoms with van der Waals surface area (Å²) >= 11 is 0. The number of aromatic nitrogens is 3. The molecule has 232 valence electrons. The fraction of sp³-hybridized carbons (Fsp3) is 0.406. The van der Waals surface area contributed by atoms with Crippen molar-refractivity contribution in [2.24, 2.45) is 9.98 Å². The largest absolute Gasteiger partial charge is 0.458 e. The zero-order valence-electron chi connectivity index (χ0n) is 26.1. The van der Waals surface area contributed by atoms with Gasteiger partial charge in [-0.2, -0.15) is 0 Å². The number of ether oxygens (including phenoxy) is 2. The molecule has 1 saturated heterocycles. The number of allylic oxidation sites excluding steroid dienone is 1.